The van der Waals surface area contributed by atoms with Crippen LogP contribution in [0.5, 0.6) is 11.5 Å². The Hall–Kier alpha value is -1.71. The van der Waals surface area contributed by atoms with Crippen LogP contribution in [0.2, 0.25) is 5.02 Å². The van der Waals surface area contributed by atoms with E-state index in [2.05, 4.69) is 17.4 Å². The summed E-state index contributed by atoms with van der Waals surface area (Å²) in [5.41, 5.74) is 1.22. The molecule has 0 amide bonds. The van der Waals surface area contributed by atoms with Crippen LogP contribution in [-0.4, -0.2) is 20.3 Å². The highest BCUT2D eigenvalue weighted by atomic mass is 35.5. The van der Waals surface area contributed by atoms with Crippen LogP contribution in [-0.2, 0) is 6.54 Å². The van der Waals surface area contributed by atoms with Crippen molar-refractivity contribution < 1.29 is 9.47 Å². The molecule has 0 saturated heterocycles. The maximum Gasteiger partial charge on any atom is 0.119 e. The van der Waals surface area contributed by atoms with Gasteiger partial charge in [-0.05, 0) is 49.0 Å². The molecule has 0 spiro atoms. The van der Waals surface area contributed by atoms with Crippen molar-refractivity contribution in [2.45, 2.75) is 13.0 Å². The summed E-state index contributed by atoms with van der Waals surface area (Å²) in [6.45, 7) is 2.10. The molecule has 0 bridgehead atoms. The summed E-state index contributed by atoms with van der Waals surface area (Å²) in [6, 6.07) is 15.5. The van der Waals surface area contributed by atoms with Gasteiger partial charge in [0.25, 0.3) is 0 Å². The number of benzene rings is 2. The van der Waals surface area contributed by atoms with E-state index in [0.29, 0.717) is 18.2 Å². The van der Waals surface area contributed by atoms with Crippen molar-refractivity contribution in [1.82, 2.24) is 5.32 Å². The number of halogens is 1. The molecule has 2 rings (SSSR count). The zero-order chi connectivity index (χ0) is 14.9. The molecule has 0 aromatic heterocycles. The summed E-state index contributed by atoms with van der Waals surface area (Å²) in [7, 11) is 1.93. The van der Waals surface area contributed by atoms with Crippen LogP contribution in [0.1, 0.15) is 12.0 Å². The molecule has 0 heterocycles. The predicted molar refractivity (Wildman–Crippen MR) is 86.3 cm³/mol. The molecule has 0 fully saturated rings. The number of nitrogens with one attached hydrogen (secondary N) is 1. The summed E-state index contributed by atoms with van der Waals surface area (Å²) in [4.78, 5) is 0. The lowest BCUT2D eigenvalue weighted by molar-refractivity contribution is 0.247. The van der Waals surface area contributed by atoms with Crippen LogP contribution in [0, 0.1) is 0 Å². The van der Waals surface area contributed by atoms with Gasteiger partial charge in [-0.1, -0.05) is 23.7 Å². The van der Waals surface area contributed by atoms with E-state index in [1.165, 1.54) is 5.56 Å². The van der Waals surface area contributed by atoms with Gasteiger partial charge in [-0.25, -0.2) is 0 Å². The minimum Gasteiger partial charge on any atom is -0.493 e. The summed E-state index contributed by atoms with van der Waals surface area (Å²) in [5, 5.41) is 3.84. The molecule has 1 N–H and O–H groups in total. The second-order valence-electron chi connectivity index (χ2n) is 4.68. The lowest BCUT2D eigenvalue weighted by Gasteiger charge is -2.09. The van der Waals surface area contributed by atoms with Crippen molar-refractivity contribution in [3.05, 3.63) is 59.1 Å². The van der Waals surface area contributed by atoms with Gasteiger partial charge in [0.15, 0.2) is 0 Å². The number of ether oxygens (including phenoxy) is 2. The Morgan fingerprint density at radius 2 is 1.67 bits per heavy atom. The fourth-order valence-corrected chi connectivity index (χ4v) is 2.05. The lowest BCUT2D eigenvalue weighted by atomic mass is 10.2. The van der Waals surface area contributed by atoms with Gasteiger partial charge in [-0.3, -0.25) is 0 Å². The fraction of sp³-hybridized carbons (Fsp3) is 0.294. The van der Waals surface area contributed by atoms with Crippen LogP contribution < -0.4 is 14.8 Å². The Morgan fingerprint density at radius 1 is 0.952 bits per heavy atom. The SMILES string of the molecule is CNCc1cccc(OCCCOc2ccc(Cl)cc2)c1. The van der Waals surface area contributed by atoms with Gasteiger partial charge in [0.2, 0.25) is 0 Å². The Bertz CT molecular complexity index is 543. The molecular weight excluding hydrogens is 286 g/mol. The molecule has 0 saturated carbocycles. The van der Waals surface area contributed by atoms with Gasteiger partial charge in [0.1, 0.15) is 11.5 Å². The number of rotatable bonds is 8. The Labute approximate surface area is 130 Å². The molecule has 0 aliphatic heterocycles. The predicted octanol–water partition coefficient (Wildman–Crippen LogP) is 3.91. The smallest absolute Gasteiger partial charge is 0.119 e. The van der Waals surface area contributed by atoms with E-state index in [4.69, 9.17) is 21.1 Å². The third-order valence-electron chi connectivity index (χ3n) is 2.92. The van der Waals surface area contributed by atoms with Crippen molar-refractivity contribution in [3.63, 3.8) is 0 Å². The highest BCUT2D eigenvalue weighted by Gasteiger charge is 1.98. The van der Waals surface area contributed by atoms with Gasteiger partial charge in [0.05, 0.1) is 13.2 Å². The van der Waals surface area contributed by atoms with E-state index in [1.54, 1.807) is 0 Å². The van der Waals surface area contributed by atoms with Crippen molar-refractivity contribution >= 4 is 11.6 Å². The van der Waals surface area contributed by atoms with Gasteiger partial charge < -0.3 is 14.8 Å². The molecule has 2 aromatic carbocycles. The second-order valence-corrected chi connectivity index (χ2v) is 5.12. The fourth-order valence-electron chi connectivity index (χ4n) is 1.92. The maximum atomic E-state index is 5.82. The van der Waals surface area contributed by atoms with Crippen molar-refractivity contribution in [2.75, 3.05) is 20.3 Å². The molecular formula is C17H20ClNO2. The molecule has 4 heteroatoms. The first-order valence-corrected chi connectivity index (χ1v) is 7.40. The second kappa shape index (κ2) is 8.55. The van der Waals surface area contributed by atoms with Crippen molar-refractivity contribution in [2.24, 2.45) is 0 Å². The molecule has 2 aromatic rings. The average Bonchev–Trinajstić information content (AvgIpc) is 2.50. The van der Waals surface area contributed by atoms with E-state index < -0.39 is 0 Å². The molecule has 112 valence electrons. The molecule has 0 radical (unpaired) electrons. The van der Waals surface area contributed by atoms with Gasteiger partial charge in [-0.2, -0.15) is 0 Å². The summed E-state index contributed by atoms with van der Waals surface area (Å²) >= 11 is 5.82. The zero-order valence-electron chi connectivity index (χ0n) is 12.1. The van der Waals surface area contributed by atoms with Gasteiger partial charge in [-0.15, -0.1) is 0 Å². The summed E-state index contributed by atoms with van der Waals surface area (Å²) in [5.74, 6) is 1.73. The summed E-state index contributed by atoms with van der Waals surface area (Å²) in [6.07, 6.45) is 0.832. The highest BCUT2D eigenvalue weighted by Crippen LogP contribution is 2.16. The molecule has 21 heavy (non-hydrogen) atoms. The van der Waals surface area contributed by atoms with Crippen LogP contribution in [0.4, 0.5) is 0 Å². The van der Waals surface area contributed by atoms with Crippen molar-refractivity contribution in [3.8, 4) is 11.5 Å². The molecule has 0 aliphatic rings. The lowest BCUT2D eigenvalue weighted by Crippen LogP contribution is -2.07. The van der Waals surface area contributed by atoms with E-state index in [9.17, 15) is 0 Å². The maximum absolute atomic E-state index is 5.82. The van der Waals surface area contributed by atoms with Gasteiger partial charge >= 0.3 is 0 Å². The summed E-state index contributed by atoms with van der Waals surface area (Å²) < 4.78 is 11.3. The number of hydrogen-bond acceptors (Lipinski definition) is 3. The van der Waals surface area contributed by atoms with Crippen LogP contribution in [0.25, 0.3) is 0 Å². The third kappa shape index (κ3) is 5.66. The number of hydrogen-bond donors (Lipinski definition) is 1. The first-order valence-electron chi connectivity index (χ1n) is 7.02. The van der Waals surface area contributed by atoms with Crippen LogP contribution in [0.15, 0.2) is 48.5 Å². The minimum atomic E-state index is 0.623. The van der Waals surface area contributed by atoms with Crippen LogP contribution in [0.3, 0.4) is 0 Å². The largest absolute Gasteiger partial charge is 0.493 e. The first-order chi connectivity index (χ1) is 10.3. The van der Waals surface area contributed by atoms with E-state index in [0.717, 1.165) is 24.5 Å². The standard InChI is InChI=1S/C17H20ClNO2/c1-19-13-14-4-2-5-17(12-14)21-11-3-10-20-16-8-6-15(18)7-9-16/h2,4-9,12,19H,3,10-11,13H2,1H3. The molecule has 0 unspecified atom stereocenters. The first kappa shape index (κ1) is 15.7. The topological polar surface area (TPSA) is 30.5 Å². The molecule has 3 nitrogen and oxygen atoms in total. The zero-order valence-corrected chi connectivity index (χ0v) is 12.9. The Kier molecular flexibility index (Phi) is 6.38. The monoisotopic (exact) mass is 305 g/mol. The van der Waals surface area contributed by atoms with Crippen LogP contribution >= 0.6 is 11.6 Å². The van der Waals surface area contributed by atoms with Gasteiger partial charge in [0, 0.05) is 18.0 Å². The van der Waals surface area contributed by atoms with E-state index in [1.807, 2.05) is 43.4 Å². The third-order valence-corrected chi connectivity index (χ3v) is 3.17. The van der Waals surface area contributed by atoms with Crippen molar-refractivity contribution in [1.29, 1.82) is 0 Å². The quantitative estimate of drug-likeness (QED) is 0.750. The molecule has 0 atom stereocenters. The Morgan fingerprint density at radius 3 is 2.38 bits per heavy atom. The normalized spacial score (nSPS) is 10.4. The van der Waals surface area contributed by atoms with E-state index in [-0.39, 0.29) is 0 Å². The minimum absolute atomic E-state index is 0.623. The Balaban J connectivity index is 1.67. The van der Waals surface area contributed by atoms with E-state index >= 15 is 0 Å². The molecule has 0 aliphatic carbocycles. The highest BCUT2D eigenvalue weighted by molar-refractivity contribution is 6.30. The average molecular weight is 306 g/mol.